The van der Waals surface area contributed by atoms with Crippen molar-refractivity contribution in [2.75, 3.05) is 13.2 Å². The Morgan fingerprint density at radius 3 is 1.88 bits per heavy atom. The van der Waals surface area contributed by atoms with Crippen LogP contribution in [0.25, 0.3) is 17.5 Å². The lowest BCUT2D eigenvalue weighted by Gasteiger charge is -2.27. The Kier molecular flexibility index (Phi) is 8.79. The molecule has 0 bridgehead atoms. The Balaban J connectivity index is 2.04. The molecule has 2 heterocycles. The van der Waals surface area contributed by atoms with Gasteiger partial charge in [-0.2, -0.15) is 0 Å². The monoisotopic (exact) mass is 560 g/mol. The number of carbonyl (C=O) groups is 2. The number of rotatable bonds is 8. The van der Waals surface area contributed by atoms with Crippen LogP contribution in [0.1, 0.15) is 81.5 Å². The summed E-state index contributed by atoms with van der Waals surface area (Å²) in [4.78, 5) is 40.6. The largest absolute Gasteiger partial charge is 0.463 e. The first kappa shape index (κ1) is 29.1. The fourth-order valence-electron chi connectivity index (χ4n) is 4.80. The summed E-state index contributed by atoms with van der Waals surface area (Å²) in [6.07, 6.45) is 1.77. The molecule has 0 spiro atoms. The third-order valence-electron chi connectivity index (χ3n) is 6.98. The zero-order chi connectivity index (χ0) is 29.1. The van der Waals surface area contributed by atoms with E-state index in [1.165, 1.54) is 10.1 Å². The molecule has 1 atom stereocenters. The Morgan fingerprint density at radius 1 is 0.875 bits per heavy atom. The summed E-state index contributed by atoms with van der Waals surface area (Å²) < 4.78 is 12.8. The predicted octanol–water partition coefficient (Wildman–Crippen LogP) is 4.19. The van der Waals surface area contributed by atoms with Crippen molar-refractivity contribution in [1.29, 1.82) is 0 Å². The minimum Gasteiger partial charge on any atom is -0.463 e. The summed E-state index contributed by atoms with van der Waals surface area (Å²) in [5.74, 6) is -1.52. The van der Waals surface area contributed by atoms with Crippen LogP contribution >= 0.6 is 11.3 Å². The standard InChI is InChI=1S/C32H36N2O5S/c1-7-38-31(36)26-25(23-15-13-22(14-16-23)19(5)6)27(32(37)39-8-2)30-34(28(26)33)29(35)24(40-30)17-20-9-11-21(12-10-20)18(3)4/h9-19,25H,7-8,33H2,1-6H3/b24-17+. The average Bonchev–Trinajstić information content (AvgIpc) is 3.24. The SMILES string of the molecule is CCOC(=O)C1=C(N)n2c(s/c(=C/c3ccc(C(C)C)cc3)c2=O)=C(C(=O)OCC)C1c1ccc(C(C)C)cc1. The third kappa shape index (κ3) is 5.54. The van der Waals surface area contributed by atoms with Gasteiger partial charge in [0.15, 0.2) is 0 Å². The summed E-state index contributed by atoms with van der Waals surface area (Å²) in [7, 11) is 0. The van der Waals surface area contributed by atoms with Gasteiger partial charge in [-0.1, -0.05) is 76.2 Å². The van der Waals surface area contributed by atoms with Gasteiger partial charge in [0.1, 0.15) is 10.5 Å². The first-order chi connectivity index (χ1) is 19.1. The van der Waals surface area contributed by atoms with Crippen LogP contribution in [0, 0.1) is 0 Å². The average molecular weight is 561 g/mol. The number of aromatic nitrogens is 1. The number of carbonyl (C=O) groups excluding carboxylic acids is 2. The summed E-state index contributed by atoms with van der Waals surface area (Å²) in [5, 5.41) is 0. The first-order valence-electron chi connectivity index (χ1n) is 13.6. The molecule has 7 nitrogen and oxygen atoms in total. The molecule has 0 radical (unpaired) electrons. The van der Waals surface area contributed by atoms with E-state index in [-0.39, 0.29) is 30.2 Å². The molecule has 0 saturated carbocycles. The molecular formula is C32H36N2O5S. The van der Waals surface area contributed by atoms with E-state index in [1.807, 2.05) is 48.5 Å². The van der Waals surface area contributed by atoms with Gasteiger partial charge in [-0.3, -0.25) is 9.36 Å². The molecule has 0 amide bonds. The highest BCUT2D eigenvalue weighted by Gasteiger charge is 2.40. The summed E-state index contributed by atoms with van der Waals surface area (Å²) in [6.45, 7) is 12.1. The first-order valence-corrected chi connectivity index (χ1v) is 14.4. The predicted molar refractivity (Wildman–Crippen MR) is 159 cm³/mol. The second-order valence-electron chi connectivity index (χ2n) is 10.3. The van der Waals surface area contributed by atoms with Crippen molar-refractivity contribution in [2.24, 2.45) is 5.73 Å². The van der Waals surface area contributed by atoms with Gasteiger partial charge < -0.3 is 15.2 Å². The molecule has 2 aromatic carbocycles. The van der Waals surface area contributed by atoms with Gasteiger partial charge in [0, 0.05) is 0 Å². The van der Waals surface area contributed by atoms with E-state index in [9.17, 15) is 14.4 Å². The number of benzene rings is 2. The minimum atomic E-state index is -0.865. The Hall–Kier alpha value is -3.91. The highest BCUT2D eigenvalue weighted by molar-refractivity contribution is 7.07. The highest BCUT2D eigenvalue weighted by Crippen LogP contribution is 2.38. The number of ether oxygens (including phenoxy) is 2. The summed E-state index contributed by atoms with van der Waals surface area (Å²) >= 11 is 1.16. The van der Waals surface area contributed by atoms with E-state index in [4.69, 9.17) is 15.2 Å². The second kappa shape index (κ2) is 12.1. The summed E-state index contributed by atoms with van der Waals surface area (Å²) in [6, 6.07) is 15.7. The van der Waals surface area contributed by atoms with Crippen LogP contribution in [0.2, 0.25) is 0 Å². The maximum Gasteiger partial charge on any atom is 0.338 e. The van der Waals surface area contributed by atoms with Crippen molar-refractivity contribution in [3.8, 4) is 0 Å². The van der Waals surface area contributed by atoms with Crippen LogP contribution in [0.15, 0.2) is 58.9 Å². The van der Waals surface area contributed by atoms with E-state index < -0.39 is 23.4 Å². The van der Waals surface area contributed by atoms with E-state index >= 15 is 0 Å². The normalized spacial score (nSPS) is 15.6. The molecule has 8 heteroatoms. The molecule has 0 fully saturated rings. The van der Waals surface area contributed by atoms with Gasteiger partial charge in [-0.15, -0.1) is 11.3 Å². The van der Waals surface area contributed by atoms with Crippen molar-refractivity contribution in [1.82, 2.24) is 4.57 Å². The third-order valence-corrected chi connectivity index (χ3v) is 8.08. The topological polar surface area (TPSA) is 101 Å². The fraction of sp³-hybridized carbons (Fsp3) is 0.344. The minimum absolute atomic E-state index is 0.0439. The number of thiazole rings is 1. The Labute approximate surface area is 238 Å². The van der Waals surface area contributed by atoms with Gasteiger partial charge in [-0.25, -0.2) is 9.59 Å². The van der Waals surface area contributed by atoms with Crippen molar-refractivity contribution in [2.45, 2.75) is 59.3 Å². The molecule has 1 aromatic heterocycles. The Bertz CT molecular complexity index is 1620. The van der Waals surface area contributed by atoms with Gasteiger partial charge in [0.2, 0.25) is 0 Å². The van der Waals surface area contributed by atoms with Crippen LogP contribution in [0.4, 0.5) is 0 Å². The van der Waals surface area contributed by atoms with E-state index in [0.717, 1.165) is 22.5 Å². The van der Waals surface area contributed by atoms with Gasteiger partial charge in [-0.05, 0) is 54.0 Å². The number of hydrogen-bond donors (Lipinski definition) is 1. The van der Waals surface area contributed by atoms with Gasteiger partial charge in [0.25, 0.3) is 5.56 Å². The molecule has 0 aliphatic carbocycles. The maximum atomic E-state index is 13.7. The number of nitrogens with two attached hydrogens (primary N) is 1. The molecule has 40 heavy (non-hydrogen) atoms. The quantitative estimate of drug-likeness (QED) is 0.415. The van der Waals surface area contributed by atoms with Crippen molar-refractivity contribution in [3.05, 3.63) is 95.9 Å². The summed E-state index contributed by atoms with van der Waals surface area (Å²) in [5.41, 5.74) is 10.2. The number of fused-ring (bicyclic) bond motifs is 1. The maximum absolute atomic E-state index is 13.7. The molecule has 1 aliphatic heterocycles. The Morgan fingerprint density at radius 2 is 1.38 bits per heavy atom. The van der Waals surface area contributed by atoms with Crippen LogP contribution in [-0.4, -0.2) is 29.7 Å². The second-order valence-corrected chi connectivity index (χ2v) is 11.3. The molecule has 210 valence electrons. The number of hydrogen-bond acceptors (Lipinski definition) is 7. The fourth-order valence-corrected chi connectivity index (χ4v) is 5.96. The zero-order valence-electron chi connectivity index (χ0n) is 23.8. The lowest BCUT2D eigenvalue weighted by Crippen LogP contribution is -2.42. The van der Waals surface area contributed by atoms with E-state index in [2.05, 4.69) is 27.7 Å². The molecule has 2 N–H and O–H groups in total. The van der Waals surface area contributed by atoms with Crippen LogP contribution in [0.3, 0.4) is 0 Å². The van der Waals surface area contributed by atoms with Crippen molar-refractivity contribution < 1.29 is 19.1 Å². The van der Waals surface area contributed by atoms with Crippen LogP contribution in [0.5, 0.6) is 0 Å². The lowest BCUT2D eigenvalue weighted by atomic mass is 9.82. The van der Waals surface area contributed by atoms with Crippen LogP contribution < -0.4 is 20.5 Å². The number of nitrogens with zero attached hydrogens (tertiary/aromatic N) is 1. The molecule has 1 aliphatic rings. The van der Waals surface area contributed by atoms with E-state index in [0.29, 0.717) is 26.6 Å². The molecular weight excluding hydrogens is 524 g/mol. The van der Waals surface area contributed by atoms with Gasteiger partial charge >= 0.3 is 11.9 Å². The van der Waals surface area contributed by atoms with Crippen molar-refractivity contribution >= 4 is 40.7 Å². The molecule has 0 saturated heterocycles. The van der Waals surface area contributed by atoms with Gasteiger partial charge in [0.05, 0.1) is 34.8 Å². The van der Waals surface area contributed by atoms with Crippen molar-refractivity contribution in [3.63, 3.8) is 0 Å². The highest BCUT2D eigenvalue weighted by atomic mass is 32.1. The van der Waals surface area contributed by atoms with Crippen LogP contribution in [-0.2, 0) is 19.1 Å². The molecule has 4 rings (SSSR count). The molecule has 3 aromatic rings. The smallest absolute Gasteiger partial charge is 0.338 e. The molecule has 1 unspecified atom stereocenters. The lowest BCUT2D eigenvalue weighted by molar-refractivity contribution is -0.138. The number of esters is 2. The van der Waals surface area contributed by atoms with E-state index in [1.54, 1.807) is 19.9 Å². The zero-order valence-corrected chi connectivity index (χ0v) is 24.6.